The fourth-order valence-corrected chi connectivity index (χ4v) is 10.7. The highest BCUT2D eigenvalue weighted by Gasteiger charge is 2.25. The van der Waals surface area contributed by atoms with E-state index >= 15 is 0 Å². The summed E-state index contributed by atoms with van der Waals surface area (Å²) >= 11 is 1.82. The van der Waals surface area contributed by atoms with Crippen LogP contribution in [0.15, 0.2) is 217 Å². The van der Waals surface area contributed by atoms with Gasteiger partial charge in [-0.1, -0.05) is 158 Å². The van der Waals surface area contributed by atoms with Crippen LogP contribution in [0.2, 0.25) is 0 Å². The van der Waals surface area contributed by atoms with Gasteiger partial charge >= 0.3 is 0 Å². The fourth-order valence-electron chi connectivity index (χ4n) is 9.56. The number of hydrogen-bond donors (Lipinski definition) is 0. The van der Waals surface area contributed by atoms with Gasteiger partial charge in [-0.3, -0.25) is 0 Å². The molecular formula is C58H35N3OS. The van der Waals surface area contributed by atoms with Crippen molar-refractivity contribution >= 4 is 75.3 Å². The molecule has 63 heavy (non-hydrogen) atoms. The van der Waals surface area contributed by atoms with Crippen molar-refractivity contribution in [2.45, 2.75) is 0 Å². The Kier molecular flexibility index (Phi) is 8.05. The van der Waals surface area contributed by atoms with E-state index < -0.39 is 0 Å². The van der Waals surface area contributed by atoms with E-state index in [1.165, 1.54) is 20.2 Å². The molecule has 0 fully saturated rings. The maximum Gasteiger partial charge on any atom is 0.160 e. The smallest absolute Gasteiger partial charge is 0.160 e. The summed E-state index contributed by atoms with van der Waals surface area (Å²) in [6, 6.07) is 75.3. The van der Waals surface area contributed by atoms with Gasteiger partial charge in [0.2, 0.25) is 0 Å². The Morgan fingerprint density at radius 3 is 1.49 bits per heavy atom. The molecule has 4 nitrogen and oxygen atoms in total. The second-order valence-electron chi connectivity index (χ2n) is 16.1. The number of benzene rings is 9. The molecule has 0 N–H and O–H groups in total. The highest BCUT2D eigenvalue weighted by molar-refractivity contribution is 7.26. The van der Waals surface area contributed by atoms with Gasteiger partial charge in [-0.2, -0.15) is 0 Å². The lowest BCUT2D eigenvalue weighted by Crippen LogP contribution is -2.03. The molecule has 0 aliphatic carbocycles. The number of nitrogens with zero attached hydrogens (tertiary/aromatic N) is 3. The predicted molar refractivity (Wildman–Crippen MR) is 264 cm³/mol. The van der Waals surface area contributed by atoms with Gasteiger partial charge in [0, 0.05) is 64.1 Å². The number of hydrogen-bond acceptors (Lipinski definition) is 4. The quantitative estimate of drug-likeness (QED) is 0.168. The second-order valence-corrected chi connectivity index (χ2v) is 17.1. The van der Waals surface area contributed by atoms with E-state index in [-0.39, 0.29) is 0 Å². The van der Waals surface area contributed by atoms with Crippen LogP contribution in [0.5, 0.6) is 0 Å². The third-order valence-electron chi connectivity index (χ3n) is 12.4. The van der Waals surface area contributed by atoms with Gasteiger partial charge in [0.25, 0.3) is 0 Å². The summed E-state index contributed by atoms with van der Waals surface area (Å²) in [6.45, 7) is 0. The maximum absolute atomic E-state index is 7.18. The first-order valence-corrected chi connectivity index (χ1v) is 22.0. The number of aromatic nitrogens is 3. The van der Waals surface area contributed by atoms with Gasteiger partial charge in [0.05, 0.1) is 33.5 Å². The first-order chi connectivity index (χ1) is 31.2. The van der Waals surface area contributed by atoms with Crippen molar-refractivity contribution in [1.82, 2.24) is 14.5 Å². The van der Waals surface area contributed by atoms with Crippen molar-refractivity contribution in [2.24, 2.45) is 0 Å². The molecule has 294 valence electrons. The molecule has 0 atom stereocenters. The zero-order valence-corrected chi connectivity index (χ0v) is 34.7. The monoisotopic (exact) mass is 821 g/mol. The van der Waals surface area contributed by atoms with Crippen molar-refractivity contribution in [3.63, 3.8) is 0 Å². The zero-order chi connectivity index (χ0) is 41.4. The Morgan fingerprint density at radius 1 is 0.365 bits per heavy atom. The van der Waals surface area contributed by atoms with Gasteiger partial charge in [-0.05, 0) is 65.7 Å². The first-order valence-electron chi connectivity index (χ1n) is 21.2. The van der Waals surface area contributed by atoms with Gasteiger partial charge in [0.1, 0.15) is 11.2 Å². The lowest BCUT2D eigenvalue weighted by molar-refractivity contribution is 0.677. The minimum Gasteiger partial charge on any atom is -0.455 e. The minimum atomic E-state index is 0.662. The Hall–Kier alpha value is -8.12. The summed E-state index contributed by atoms with van der Waals surface area (Å²) in [6.07, 6.45) is 0. The number of rotatable bonds is 6. The third-order valence-corrected chi connectivity index (χ3v) is 13.5. The highest BCUT2D eigenvalue weighted by Crippen LogP contribution is 2.48. The SMILES string of the molecule is c1ccc(-c2cc(-c3ccccc3)nc(-c3cc(-c4ccccc4)c(-n4c5ccccc5c5c6oc7c(ccc8sc9ccccc9c87)c6ccc54)c(-c4ccccc4)c3)n2)cc1. The largest absolute Gasteiger partial charge is 0.455 e. The Bertz CT molecular complexity index is 3770. The van der Waals surface area contributed by atoms with Crippen LogP contribution in [0.3, 0.4) is 0 Å². The molecule has 0 spiro atoms. The van der Waals surface area contributed by atoms with Crippen LogP contribution >= 0.6 is 11.3 Å². The van der Waals surface area contributed by atoms with Crippen LogP contribution in [0.1, 0.15) is 0 Å². The number of para-hydroxylation sites is 1. The van der Waals surface area contributed by atoms with E-state index in [1.54, 1.807) is 0 Å². The lowest BCUT2D eigenvalue weighted by atomic mass is 9.92. The van der Waals surface area contributed by atoms with Gasteiger partial charge in [0.15, 0.2) is 5.82 Å². The van der Waals surface area contributed by atoms with Crippen molar-refractivity contribution in [3.05, 3.63) is 212 Å². The van der Waals surface area contributed by atoms with Crippen molar-refractivity contribution < 1.29 is 4.42 Å². The first kappa shape index (κ1) is 35.6. The molecule has 13 aromatic rings. The third kappa shape index (κ3) is 5.67. The van der Waals surface area contributed by atoms with Crippen molar-refractivity contribution in [2.75, 3.05) is 0 Å². The van der Waals surface area contributed by atoms with Crippen LogP contribution in [0.25, 0.3) is 126 Å². The molecule has 0 saturated heterocycles. The molecule has 0 bridgehead atoms. The van der Waals surface area contributed by atoms with E-state index in [9.17, 15) is 0 Å². The molecule has 0 aliphatic heterocycles. The molecule has 5 heteroatoms. The topological polar surface area (TPSA) is 43.9 Å². The lowest BCUT2D eigenvalue weighted by Gasteiger charge is -2.21. The maximum atomic E-state index is 7.18. The average Bonchev–Trinajstić information content (AvgIpc) is 4.04. The van der Waals surface area contributed by atoms with Crippen molar-refractivity contribution in [3.8, 4) is 61.8 Å². The molecule has 0 radical (unpaired) electrons. The molecule has 4 heterocycles. The normalized spacial score (nSPS) is 11.8. The summed E-state index contributed by atoms with van der Waals surface area (Å²) in [7, 11) is 0. The molecule has 0 saturated carbocycles. The second kappa shape index (κ2) is 14.2. The molecule has 0 unspecified atom stereocenters. The number of fused-ring (bicyclic) bond motifs is 11. The molecule has 0 amide bonds. The Labute approximate surface area is 366 Å². The molecule has 0 aliphatic rings. The molecule has 13 rings (SSSR count). The minimum absolute atomic E-state index is 0.662. The predicted octanol–water partition coefficient (Wildman–Crippen LogP) is 16.2. The van der Waals surface area contributed by atoms with Crippen LogP contribution in [0, 0.1) is 0 Å². The fraction of sp³-hybridized carbons (Fsp3) is 0. The van der Waals surface area contributed by atoms with Crippen LogP contribution in [-0.2, 0) is 0 Å². The summed E-state index contributed by atoms with van der Waals surface area (Å²) in [4.78, 5) is 10.6. The van der Waals surface area contributed by atoms with Gasteiger partial charge < -0.3 is 8.98 Å². The summed E-state index contributed by atoms with van der Waals surface area (Å²) in [5, 5.41) is 6.90. The Morgan fingerprint density at radius 2 is 0.873 bits per heavy atom. The number of furan rings is 1. The number of thiophene rings is 1. The highest BCUT2D eigenvalue weighted by atomic mass is 32.1. The van der Waals surface area contributed by atoms with E-state index in [1.807, 2.05) is 23.5 Å². The van der Waals surface area contributed by atoms with Crippen LogP contribution in [0.4, 0.5) is 0 Å². The summed E-state index contributed by atoms with van der Waals surface area (Å²) in [5.74, 6) is 0.662. The molecule has 4 aromatic heterocycles. The Balaban J connectivity index is 1.14. The van der Waals surface area contributed by atoms with Crippen LogP contribution in [-0.4, -0.2) is 14.5 Å². The van der Waals surface area contributed by atoms with Crippen molar-refractivity contribution in [1.29, 1.82) is 0 Å². The average molecular weight is 822 g/mol. The summed E-state index contributed by atoms with van der Waals surface area (Å²) in [5.41, 5.74) is 14.2. The van der Waals surface area contributed by atoms with Gasteiger partial charge in [-0.25, -0.2) is 9.97 Å². The van der Waals surface area contributed by atoms with E-state index in [0.29, 0.717) is 5.82 Å². The summed E-state index contributed by atoms with van der Waals surface area (Å²) < 4.78 is 12.1. The molecule has 9 aromatic carbocycles. The van der Waals surface area contributed by atoms with Gasteiger partial charge in [-0.15, -0.1) is 11.3 Å². The van der Waals surface area contributed by atoms with E-state index in [2.05, 4.69) is 205 Å². The molecular weight excluding hydrogens is 787 g/mol. The van der Waals surface area contributed by atoms with Crippen LogP contribution < -0.4 is 0 Å². The van der Waals surface area contributed by atoms with E-state index in [0.717, 1.165) is 99.8 Å². The standard InChI is InChI=1S/C58H35N3OS/c1-5-17-36(18-6-1)45-33-40(58-59-47(38-21-9-3-10-22-38)35-48(60-58)39-23-11-4-12-24-39)34-46(37-19-7-2-8-20-37)55(45)61-49-27-15-13-25-43(49)53-50(61)31-29-41-42-30-32-52-54(57(42)62-56(41)53)44-26-14-16-28-51(44)63-52/h1-35H. The van der Waals surface area contributed by atoms with E-state index in [4.69, 9.17) is 14.4 Å². The zero-order valence-electron chi connectivity index (χ0n) is 33.9.